The van der Waals surface area contributed by atoms with Crippen LogP contribution in [0, 0.1) is 12.8 Å². The van der Waals surface area contributed by atoms with Crippen LogP contribution in [0.3, 0.4) is 0 Å². The Morgan fingerprint density at radius 1 is 1.26 bits per heavy atom. The molecule has 1 saturated carbocycles. The van der Waals surface area contributed by atoms with Gasteiger partial charge in [-0.1, -0.05) is 19.3 Å². The minimum Gasteiger partial charge on any atom is -0.366 e. The molecule has 4 heterocycles. The van der Waals surface area contributed by atoms with Crippen molar-refractivity contribution in [3.05, 3.63) is 40.5 Å². The van der Waals surface area contributed by atoms with Crippen LogP contribution in [-0.4, -0.2) is 58.2 Å². The zero-order chi connectivity index (χ0) is 24.0. The number of hydrogen-bond acceptors (Lipinski definition) is 6. The predicted molar refractivity (Wildman–Crippen MR) is 130 cm³/mol. The average Bonchev–Trinajstić information content (AvgIpc) is 3.51. The zero-order valence-corrected chi connectivity index (χ0v) is 20.6. The van der Waals surface area contributed by atoms with Crippen LogP contribution in [0.25, 0.3) is 10.4 Å². The molecule has 3 aliphatic rings. The van der Waals surface area contributed by atoms with E-state index in [1.54, 1.807) is 11.1 Å². The number of thiophene rings is 1. The fourth-order valence-corrected chi connectivity index (χ4v) is 7.14. The fourth-order valence-electron chi connectivity index (χ4n) is 5.73. The monoisotopic (exact) mass is 501 g/mol. The highest BCUT2D eigenvalue weighted by molar-refractivity contribution is 7.17. The Balaban J connectivity index is 1.58. The number of aryl methyl sites for hydroxylation is 1. The van der Waals surface area contributed by atoms with Crippen molar-refractivity contribution in [3.8, 4) is 10.4 Å². The topological polar surface area (TPSA) is 103 Å². The number of amides is 2. The molecule has 7 nitrogen and oxygen atoms in total. The van der Waals surface area contributed by atoms with Gasteiger partial charge in [-0.05, 0) is 55.0 Å². The third-order valence-corrected chi connectivity index (χ3v) is 8.89. The van der Waals surface area contributed by atoms with Crippen molar-refractivity contribution >= 4 is 40.5 Å². The number of Topliss-reactive ketones (excluding diaryl/α,β-unsaturated/α-hetero) is 1. The summed E-state index contributed by atoms with van der Waals surface area (Å²) >= 11 is 7.80. The number of ether oxygens (including phenoxy) is 1. The van der Waals surface area contributed by atoms with E-state index >= 15 is 0 Å². The Bertz CT molecular complexity index is 1130. The van der Waals surface area contributed by atoms with Gasteiger partial charge in [-0.25, -0.2) is 0 Å². The first kappa shape index (κ1) is 23.5. The molecule has 2 aliphatic heterocycles. The first-order chi connectivity index (χ1) is 16.3. The Kier molecular flexibility index (Phi) is 6.48. The first-order valence-corrected chi connectivity index (χ1v) is 13.1. The Morgan fingerprint density at radius 2 is 2.03 bits per heavy atom. The number of carbonyl (C=O) groups excluding carboxylic acids is 3. The van der Waals surface area contributed by atoms with Crippen LogP contribution in [0.2, 0.25) is 0 Å². The van der Waals surface area contributed by atoms with Crippen LogP contribution in [0.5, 0.6) is 0 Å². The molecule has 34 heavy (non-hydrogen) atoms. The van der Waals surface area contributed by atoms with Gasteiger partial charge in [0.25, 0.3) is 5.91 Å². The zero-order valence-electron chi connectivity index (χ0n) is 19.0. The van der Waals surface area contributed by atoms with Gasteiger partial charge in [0.15, 0.2) is 5.78 Å². The standard InChI is InChI=1S/C25H28ClN3O4S/c1-13-9-15(7-8-28-13)19-10-16(23(34-19)24(27)31)20(14-5-3-2-4-6-14)25(32)29-11-17(26)22-21(29)18(30)12-33-22/h7-10,14,17,20-22H,2-6,11-12H2,1H3,(H2,27,31)/t17-,20-,21+,22+/m0/s1. The Hall–Kier alpha value is -2.29. The molecule has 3 fully saturated rings. The maximum absolute atomic E-state index is 14.2. The molecule has 2 amide bonds. The molecular weight excluding hydrogens is 474 g/mol. The van der Waals surface area contributed by atoms with Crippen molar-refractivity contribution in [2.45, 2.75) is 62.5 Å². The van der Waals surface area contributed by atoms with Crippen molar-refractivity contribution in [3.63, 3.8) is 0 Å². The SMILES string of the molecule is Cc1cc(-c2cc([C@@H](C(=O)N3C[C@H](Cl)[C@H]4OCC(=O)[C@H]43)C3CCCCC3)c(C(N)=O)s2)ccn1. The Labute approximate surface area is 207 Å². The van der Waals surface area contributed by atoms with Crippen molar-refractivity contribution in [1.29, 1.82) is 0 Å². The fraction of sp³-hybridized carbons (Fsp3) is 0.520. The summed E-state index contributed by atoms with van der Waals surface area (Å²) in [6, 6.07) is 5.13. The van der Waals surface area contributed by atoms with Gasteiger partial charge in [0.1, 0.15) is 18.8 Å². The maximum atomic E-state index is 14.2. The molecule has 2 saturated heterocycles. The molecule has 0 aromatic carbocycles. The minimum atomic E-state index is -0.654. The average molecular weight is 502 g/mol. The normalized spacial score (nSPS) is 26.0. The summed E-state index contributed by atoms with van der Waals surface area (Å²) in [4.78, 5) is 46.4. The van der Waals surface area contributed by atoms with E-state index in [0.717, 1.165) is 48.2 Å². The van der Waals surface area contributed by atoms with Gasteiger partial charge in [0.05, 0.1) is 16.2 Å². The quantitative estimate of drug-likeness (QED) is 0.630. The first-order valence-electron chi connectivity index (χ1n) is 11.8. The van der Waals surface area contributed by atoms with E-state index in [1.165, 1.54) is 11.3 Å². The van der Waals surface area contributed by atoms with Crippen molar-refractivity contribution in [1.82, 2.24) is 9.88 Å². The van der Waals surface area contributed by atoms with Crippen molar-refractivity contribution < 1.29 is 19.1 Å². The summed E-state index contributed by atoms with van der Waals surface area (Å²) in [6.45, 7) is 2.15. The highest BCUT2D eigenvalue weighted by atomic mass is 35.5. The second kappa shape index (κ2) is 9.40. The molecule has 5 rings (SSSR count). The number of rotatable bonds is 5. The number of likely N-dealkylation sites (tertiary alicyclic amines) is 1. The number of nitrogens with two attached hydrogens (primary N) is 1. The van der Waals surface area contributed by atoms with Gasteiger partial charge < -0.3 is 15.4 Å². The third kappa shape index (κ3) is 4.16. The second-order valence-electron chi connectivity index (χ2n) is 9.51. The van der Waals surface area contributed by atoms with Crippen molar-refractivity contribution in [2.75, 3.05) is 13.2 Å². The minimum absolute atomic E-state index is 0.0209. The van der Waals surface area contributed by atoms with Gasteiger partial charge in [-0.3, -0.25) is 19.4 Å². The second-order valence-corrected chi connectivity index (χ2v) is 11.1. The maximum Gasteiger partial charge on any atom is 0.259 e. The smallest absolute Gasteiger partial charge is 0.259 e. The van der Waals surface area contributed by atoms with E-state index in [4.69, 9.17) is 22.1 Å². The number of fused-ring (bicyclic) bond motifs is 1. The molecule has 0 bridgehead atoms. The molecule has 0 radical (unpaired) electrons. The number of pyridine rings is 1. The highest BCUT2D eigenvalue weighted by Gasteiger charge is 2.53. The van der Waals surface area contributed by atoms with Crippen LogP contribution in [0.1, 0.15) is 59.0 Å². The van der Waals surface area contributed by atoms with Gasteiger partial charge in [0.2, 0.25) is 5.91 Å². The third-order valence-electron chi connectivity index (χ3n) is 7.29. The lowest BCUT2D eigenvalue weighted by Crippen LogP contribution is -2.46. The van der Waals surface area contributed by atoms with Crippen molar-refractivity contribution in [2.24, 2.45) is 11.7 Å². The molecule has 0 spiro atoms. The van der Waals surface area contributed by atoms with Gasteiger partial charge in [0, 0.05) is 23.3 Å². The largest absolute Gasteiger partial charge is 0.366 e. The number of halogens is 1. The molecule has 2 aromatic heterocycles. The number of hydrogen-bond donors (Lipinski definition) is 1. The van der Waals surface area contributed by atoms with E-state index in [0.29, 0.717) is 10.4 Å². The van der Waals surface area contributed by atoms with E-state index in [1.807, 2.05) is 25.1 Å². The van der Waals surface area contributed by atoms with Crippen LogP contribution in [0.15, 0.2) is 24.4 Å². The molecule has 0 unspecified atom stereocenters. The summed E-state index contributed by atoms with van der Waals surface area (Å²) in [5, 5.41) is -0.430. The van der Waals surface area contributed by atoms with Crippen LogP contribution in [-0.2, 0) is 14.3 Å². The van der Waals surface area contributed by atoms with Crippen LogP contribution < -0.4 is 5.73 Å². The number of primary amides is 1. The molecule has 2 N–H and O–H groups in total. The molecular formula is C25H28ClN3O4S. The lowest BCUT2D eigenvalue weighted by Gasteiger charge is -2.34. The molecule has 9 heteroatoms. The van der Waals surface area contributed by atoms with Gasteiger partial charge in [-0.15, -0.1) is 22.9 Å². The van der Waals surface area contributed by atoms with E-state index in [2.05, 4.69) is 4.98 Å². The summed E-state index contributed by atoms with van der Waals surface area (Å²) in [5.41, 5.74) is 8.29. The summed E-state index contributed by atoms with van der Waals surface area (Å²) in [5.74, 6) is -1.28. The number of carbonyl (C=O) groups is 3. The molecule has 180 valence electrons. The summed E-state index contributed by atoms with van der Waals surface area (Å²) in [7, 11) is 0. The van der Waals surface area contributed by atoms with Crippen LogP contribution in [0.4, 0.5) is 0 Å². The number of aromatic nitrogens is 1. The van der Waals surface area contributed by atoms with E-state index < -0.39 is 29.3 Å². The van der Waals surface area contributed by atoms with Gasteiger partial charge in [-0.2, -0.15) is 0 Å². The Morgan fingerprint density at radius 3 is 2.74 bits per heavy atom. The van der Waals surface area contributed by atoms with Crippen LogP contribution >= 0.6 is 22.9 Å². The molecule has 4 atom stereocenters. The molecule has 1 aliphatic carbocycles. The lowest BCUT2D eigenvalue weighted by atomic mass is 9.75. The number of ketones is 1. The number of alkyl halides is 1. The predicted octanol–water partition coefficient (Wildman–Crippen LogP) is 3.67. The highest BCUT2D eigenvalue weighted by Crippen LogP contribution is 2.44. The summed E-state index contributed by atoms with van der Waals surface area (Å²) < 4.78 is 5.59. The lowest BCUT2D eigenvalue weighted by molar-refractivity contribution is -0.139. The summed E-state index contributed by atoms with van der Waals surface area (Å²) in [6.07, 6.45) is 6.25. The van der Waals surface area contributed by atoms with E-state index in [9.17, 15) is 14.4 Å². The molecule has 2 aromatic rings. The van der Waals surface area contributed by atoms with E-state index in [-0.39, 0.29) is 30.8 Å². The van der Waals surface area contributed by atoms with Gasteiger partial charge >= 0.3 is 0 Å². The number of nitrogens with zero attached hydrogens (tertiary/aromatic N) is 2.